The maximum atomic E-state index is 6.88. The monoisotopic (exact) mass is 709 g/mol. The molecule has 1 aromatic heterocycles. The molecule has 5 aromatic rings. The molecule has 2 unspecified atom stereocenters. The van der Waals surface area contributed by atoms with Gasteiger partial charge in [0.15, 0.2) is 0 Å². The number of nitrogens with one attached hydrogen (secondary N) is 1. The first-order chi connectivity index (χ1) is 20.1. The van der Waals surface area contributed by atoms with E-state index in [4.69, 9.17) is 25.1 Å². The normalized spacial score (nSPS) is 9.29. The van der Waals surface area contributed by atoms with Crippen LogP contribution in [0.3, 0.4) is 0 Å². The Balaban J connectivity index is 0.000000284. The zero-order chi connectivity index (χ0) is 29.8. The van der Waals surface area contributed by atoms with E-state index >= 15 is 0 Å². The third kappa shape index (κ3) is 22.3. The SMILES string of the molecule is Pc1ccccc1.Pc1ccccc1.[Cl][Ru][Cl].[NH-]Cc1ccccn1.c1ccc(CCCCc2ccccc2)cc1. The second kappa shape index (κ2) is 26.9. The fourth-order valence-electron chi connectivity index (χ4n) is 3.36. The molecule has 0 bridgehead atoms. The Bertz CT molecular complexity index is 1140. The Morgan fingerprint density at radius 1 is 0.537 bits per heavy atom. The van der Waals surface area contributed by atoms with Crippen LogP contribution in [0.4, 0.5) is 0 Å². The molecule has 4 aromatic carbocycles. The van der Waals surface area contributed by atoms with Gasteiger partial charge in [0, 0.05) is 11.9 Å². The van der Waals surface area contributed by atoms with E-state index in [0.717, 1.165) is 5.69 Å². The van der Waals surface area contributed by atoms with Gasteiger partial charge >= 0.3 is 34.5 Å². The fraction of sp³-hybridized carbons (Fsp3) is 0.147. The maximum Gasteiger partial charge on any atom is 0.0270 e. The zero-order valence-electron chi connectivity index (χ0n) is 23.1. The van der Waals surface area contributed by atoms with Gasteiger partial charge in [-0.3, -0.25) is 4.98 Å². The van der Waals surface area contributed by atoms with E-state index in [1.54, 1.807) is 6.20 Å². The van der Waals surface area contributed by atoms with Crippen LogP contribution in [0.15, 0.2) is 146 Å². The van der Waals surface area contributed by atoms with E-state index in [0.29, 0.717) is 0 Å². The van der Waals surface area contributed by atoms with Gasteiger partial charge in [0.25, 0.3) is 0 Å². The van der Waals surface area contributed by atoms with E-state index in [1.807, 2.05) is 78.9 Å². The summed E-state index contributed by atoms with van der Waals surface area (Å²) in [7, 11) is 15.0. The number of aryl methyl sites for hydroxylation is 2. The number of pyridine rings is 1. The van der Waals surface area contributed by atoms with Gasteiger partial charge in [-0.05, 0) is 59.6 Å². The zero-order valence-corrected chi connectivity index (χ0v) is 28.7. The summed E-state index contributed by atoms with van der Waals surface area (Å²) in [6, 6.07) is 47.3. The van der Waals surface area contributed by atoms with Crippen LogP contribution < -0.4 is 10.6 Å². The first-order valence-corrected chi connectivity index (χ1v) is 18.8. The van der Waals surface area contributed by atoms with Crippen molar-refractivity contribution < 1.29 is 15.1 Å². The summed E-state index contributed by atoms with van der Waals surface area (Å²) in [6.07, 6.45) is 6.66. The van der Waals surface area contributed by atoms with Crippen LogP contribution in [0.1, 0.15) is 29.7 Å². The molecular weight excluding hydrogens is 670 g/mol. The number of hydrogen-bond donors (Lipinski definition) is 0. The van der Waals surface area contributed by atoms with Gasteiger partial charge < -0.3 is 5.73 Å². The number of halogens is 2. The molecule has 1 heterocycles. The smallest absolute Gasteiger partial charge is 0.0270 e. The third-order valence-electron chi connectivity index (χ3n) is 5.37. The van der Waals surface area contributed by atoms with Crippen LogP contribution >= 0.6 is 37.9 Å². The summed E-state index contributed by atoms with van der Waals surface area (Å²) in [5.74, 6) is 0. The standard InChI is InChI=1S/C16H18.C6H7N2.2C6H7P.2ClH.Ru/c1-3-9-15(10-4-1)13-7-8-14-16-11-5-2-6-12-16;7-5-6-3-1-2-4-8-6;2*7-6-4-2-1-3-5-6;;;/h1-6,9-12H,7-8,13-14H2;1-4,7H,5H2;2*1-5H,7H2;2*1H;/q;-1;;;;;+2/p-2. The number of unbranched alkanes of at least 4 members (excludes halogenated alkanes) is 1. The molecule has 5 rings (SSSR count). The van der Waals surface area contributed by atoms with Crippen molar-refractivity contribution in [2.45, 2.75) is 32.2 Å². The van der Waals surface area contributed by atoms with Gasteiger partial charge in [-0.15, -0.1) is 25.0 Å². The molecule has 0 spiro atoms. The van der Waals surface area contributed by atoms with Crippen molar-refractivity contribution in [3.05, 3.63) is 168 Å². The summed E-state index contributed by atoms with van der Waals surface area (Å²) < 4.78 is 0. The van der Waals surface area contributed by atoms with Crippen molar-refractivity contribution in [2.24, 2.45) is 0 Å². The summed E-state index contributed by atoms with van der Waals surface area (Å²) in [6.45, 7) is 0.279. The van der Waals surface area contributed by atoms with Crippen LogP contribution in [-0.4, -0.2) is 4.98 Å². The molecule has 0 aliphatic heterocycles. The van der Waals surface area contributed by atoms with Crippen molar-refractivity contribution in [2.75, 3.05) is 0 Å². The predicted octanol–water partition coefficient (Wildman–Crippen LogP) is 9.64. The molecule has 2 atom stereocenters. The van der Waals surface area contributed by atoms with Crippen molar-refractivity contribution in [1.82, 2.24) is 4.98 Å². The van der Waals surface area contributed by atoms with Crippen molar-refractivity contribution in [1.29, 1.82) is 0 Å². The molecule has 7 heteroatoms. The maximum absolute atomic E-state index is 6.88. The molecule has 0 amide bonds. The minimum Gasteiger partial charge on any atom is -0.672 e. The molecule has 0 radical (unpaired) electrons. The first kappa shape index (κ1) is 37.1. The van der Waals surface area contributed by atoms with Gasteiger partial charge in [-0.25, -0.2) is 0 Å². The second-order valence-electron chi connectivity index (χ2n) is 8.55. The van der Waals surface area contributed by atoms with E-state index in [2.05, 4.69) is 84.1 Å². The van der Waals surface area contributed by atoms with Crippen molar-refractivity contribution in [3.8, 4) is 0 Å². The molecule has 1 N–H and O–H groups in total. The van der Waals surface area contributed by atoms with Gasteiger partial charge in [0.2, 0.25) is 0 Å². The Morgan fingerprint density at radius 3 is 1.12 bits per heavy atom. The van der Waals surface area contributed by atoms with E-state index in [1.165, 1.54) is 47.4 Å². The summed E-state index contributed by atoms with van der Waals surface area (Å²) in [5.41, 5.74) is 10.6. The number of rotatable bonds is 6. The number of benzene rings is 4. The Kier molecular flexibility index (Phi) is 24.3. The van der Waals surface area contributed by atoms with Gasteiger partial charge in [0.05, 0.1) is 0 Å². The minimum atomic E-state index is -0.346. The Morgan fingerprint density at radius 2 is 0.878 bits per heavy atom. The average molecular weight is 710 g/mol. The molecule has 0 aliphatic carbocycles. The van der Waals surface area contributed by atoms with Gasteiger partial charge in [-0.1, -0.05) is 127 Å². The molecule has 0 saturated heterocycles. The minimum absolute atomic E-state index is 0.279. The van der Waals surface area contributed by atoms with Crippen molar-refractivity contribution in [3.63, 3.8) is 0 Å². The number of aromatic nitrogens is 1. The van der Waals surface area contributed by atoms with E-state index in [-0.39, 0.29) is 21.7 Å². The predicted molar refractivity (Wildman–Crippen MR) is 185 cm³/mol. The number of nitrogens with zero attached hydrogens (tertiary/aromatic N) is 1. The quantitative estimate of drug-likeness (QED) is 0.0983. The molecule has 2 nitrogen and oxygen atoms in total. The van der Waals surface area contributed by atoms with Crippen molar-refractivity contribution >= 4 is 48.5 Å². The molecule has 218 valence electrons. The van der Waals surface area contributed by atoms with Gasteiger partial charge in [0.1, 0.15) is 0 Å². The third-order valence-corrected chi connectivity index (χ3v) is 6.14. The summed E-state index contributed by atoms with van der Waals surface area (Å²) >= 11 is -0.346. The average Bonchev–Trinajstić information content (AvgIpc) is 3.03. The first-order valence-electron chi connectivity index (χ1n) is 13.2. The Labute approximate surface area is 267 Å². The molecule has 0 aliphatic rings. The topological polar surface area (TPSA) is 36.7 Å². The molecule has 41 heavy (non-hydrogen) atoms. The van der Waals surface area contributed by atoms with Crippen LogP contribution in [-0.2, 0) is 34.5 Å². The Hall–Kier alpha value is -1.95. The largest absolute Gasteiger partial charge is 0.672 e. The van der Waals surface area contributed by atoms with Crippen LogP contribution in [0.5, 0.6) is 0 Å². The molecular formula is C34H39Cl2N2P2Ru-. The second-order valence-corrected chi connectivity index (χ2v) is 12.5. The molecule has 0 saturated carbocycles. The number of hydrogen-bond acceptors (Lipinski definition) is 1. The van der Waals surface area contributed by atoms with Crippen LogP contribution in [0.25, 0.3) is 5.73 Å². The summed E-state index contributed by atoms with van der Waals surface area (Å²) in [4.78, 5) is 3.91. The summed E-state index contributed by atoms with van der Waals surface area (Å²) in [5, 5.41) is 2.48. The van der Waals surface area contributed by atoms with E-state index in [9.17, 15) is 0 Å². The van der Waals surface area contributed by atoms with Crippen LogP contribution in [0.2, 0.25) is 0 Å². The van der Waals surface area contributed by atoms with Gasteiger partial charge in [-0.2, -0.15) is 0 Å². The molecule has 0 fully saturated rings. The van der Waals surface area contributed by atoms with E-state index < -0.39 is 0 Å². The van der Waals surface area contributed by atoms with Crippen LogP contribution in [0, 0.1) is 0 Å². The fourth-order valence-corrected chi connectivity index (χ4v) is 3.80.